The minimum Gasteiger partial charge on any atom is -0.321 e. The fraction of sp³-hybridized carbons (Fsp3) is 0. The van der Waals surface area contributed by atoms with Gasteiger partial charge in [-0.15, -0.1) is 0 Å². The smallest absolute Gasteiger partial charge is 0.197 e. The van der Waals surface area contributed by atoms with E-state index >= 15 is 0 Å². The zero-order chi connectivity index (χ0) is 9.30. The van der Waals surface area contributed by atoms with Crippen molar-refractivity contribution in [2.45, 2.75) is 0 Å². The Morgan fingerprint density at radius 3 is 2.25 bits per heavy atom. The van der Waals surface area contributed by atoms with Crippen LogP contribution in [-0.4, -0.2) is 0 Å². The third-order valence-electron chi connectivity index (χ3n) is 1.26. The highest BCUT2D eigenvalue weighted by molar-refractivity contribution is 9.10. The zero-order valence-electron chi connectivity index (χ0n) is 5.67. The van der Waals surface area contributed by atoms with Crippen molar-refractivity contribution in [3.8, 4) is 0 Å². The van der Waals surface area contributed by atoms with Gasteiger partial charge in [-0.3, -0.25) is 5.84 Å². The van der Waals surface area contributed by atoms with Crippen LogP contribution >= 0.6 is 15.9 Å². The number of anilines is 1. The van der Waals surface area contributed by atoms with Crippen molar-refractivity contribution in [3.05, 3.63) is 28.0 Å². The van der Waals surface area contributed by atoms with Gasteiger partial charge in [-0.2, -0.15) is 0 Å². The molecule has 0 aromatic heterocycles. The van der Waals surface area contributed by atoms with E-state index in [0.717, 1.165) is 6.07 Å². The molecule has 0 fully saturated rings. The number of nitrogen functional groups attached to an aromatic ring is 1. The molecule has 0 radical (unpaired) electrons. The Labute approximate surface area is 74.7 Å². The molecule has 6 heteroatoms. The Morgan fingerprint density at radius 1 is 1.17 bits per heavy atom. The number of halogens is 4. The molecule has 0 aliphatic carbocycles. The molecule has 0 aliphatic heterocycles. The molecule has 0 spiro atoms. The second kappa shape index (κ2) is 3.32. The lowest BCUT2D eigenvalue weighted by Gasteiger charge is -2.04. The predicted molar refractivity (Wildman–Crippen MR) is 41.8 cm³/mol. The van der Waals surface area contributed by atoms with Crippen LogP contribution in [0.2, 0.25) is 0 Å². The van der Waals surface area contributed by atoms with E-state index in [4.69, 9.17) is 5.84 Å². The van der Waals surface area contributed by atoms with Crippen LogP contribution in [0, 0.1) is 17.5 Å². The molecule has 1 rings (SSSR count). The van der Waals surface area contributed by atoms with E-state index in [1.54, 1.807) is 0 Å². The molecule has 0 aliphatic rings. The van der Waals surface area contributed by atoms with Crippen LogP contribution in [0.4, 0.5) is 18.9 Å². The molecule has 0 saturated carbocycles. The summed E-state index contributed by atoms with van der Waals surface area (Å²) in [5.41, 5.74) is 1.59. The molecular weight excluding hydrogens is 237 g/mol. The minimum atomic E-state index is -1.56. The molecule has 1 aromatic rings. The fourth-order valence-electron chi connectivity index (χ4n) is 0.678. The van der Waals surface area contributed by atoms with Gasteiger partial charge in [0, 0.05) is 0 Å². The Morgan fingerprint density at radius 2 is 1.75 bits per heavy atom. The molecule has 0 bridgehead atoms. The third-order valence-corrected chi connectivity index (χ3v) is 1.84. The van der Waals surface area contributed by atoms with Gasteiger partial charge in [-0.1, -0.05) is 0 Å². The number of hydrogen-bond acceptors (Lipinski definition) is 2. The third kappa shape index (κ3) is 1.39. The molecule has 66 valence electrons. The molecule has 0 atom stereocenters. The maximum Gasteiger partial charge on any atom is 0.197 e. The highest BCUT2D eigenvalue weighted by Gasteiger charge is 2.16. The summed E-state index contributed by atoms with van der Waals surface area (Å²) in [4.78, 5) is 0. The Kier molecular flexibility index (Phi) is 2.58. The summed E-state index contributed by atoms with van der Waals surface area (Å²) < 4.78 is 37.6. The van der Waals surface area contributed by atoms with Gasteiger partial charge in [0.2, 0.25) is 0 Å². The zero-order valence-corrected chi connectivity index (χ0v) is 7.25. The number of nitrogens with two attached hydrogens (primary N) is 1. The van der Waals surface area contributed by atoms with E-state index in [1.165, 1.54) is 0 Å². The van der Waals surface area contributed by atoms with Gasteiger partial charge in [0.1, 0.15) is 0 Å². The van der Waals surface area contributed by atoms with Crippen molar-refractivity contribution in [2.24, 2.45) is 5.84 Å². The van der Waals surface area contributed by atoms with E-state index in [-0.39, 0.29) is 10.2 Å². The van der Waals surface area contributed by atoms with Gasteiger partial charge < -0.3 is 5.43 Å². The fourth-order valence-corrected chi connectivity index (χ4v) is 1.08. The van der Waals surface area contributed by atoms with E-state index in [2.05, 4.69) is 15.9 Å². The maximum absolute atomic E-state index is 12.7. The quantitative estimate of drug-likeness (QED) is 0.342. The number of nitrogens with one attached hydrogen (secondary N) is 1. The summed E-state index contributed by atoms with van der Waals surface area (Å²) in [6.07, 6.45) is 0. The summed E-state index contributed by atoms with van der Waals surface area (Å²) in [5, 5.41) is 0. The lowest BCUT2D eigenvalue weighted by Crippen LogP contribution is -2.10. The minimum absolute atomic E-state index is 0.186. The molecule has 12 heavy (non-hydrogen) atoms. The standard InChI is InChI=1S/C6H4BrF3N2/c7-2-1-3(12-11)5(9)6(10)4(2)8/h1,12H,11H2. The van der Waals surface area contributed by atoms with Gasteiger partial charge in [-0.05, 0) is 22.0 Å². The number of rotatable bonds is 1. The van der Waals surface area contributed by atoms with Gasteiger partial charge in [-0.25, -0.2) is 13.2 Å². The van der Waals surface area contributed by atoms with E-state index < -0.39 is 17.5 Å². The topological polar surface area (TPSA) is 38.0 Å². The van der Waals surface area contributed by atoms with Crippen molar-refractivity contribution in [3.63, 3.8) is 0 Å². The Bertz CT molecular complexity index is 316. The number of hydrazine groups is 1. The van der Waals surface area contributed by atoms with Gasteiger partial charge in [0.25, 0.3) is 0 Å². The van der Waals surface area contributed by atoms with Crippen LogP contribution in [0.15, 0.2) is 10.5 Å². The Hall–Kier alpha value is -0.750. The van der Waals surface area contributed by atoms with Crippen LogP contribution in [0.1, 0.15) is 0 Å². The van der Waals surface area contributed by atoms with Crippen LogP contribution < -0.4 is 11.3 Å². The molecule has 3 N–H and O–H groups in total. The first-order chi connectivity index (χ1) is 5.57. The second-order valence-corrected chi connectivity index (χ2v) is 2.85. The average Bonchev–Trinajstić information content (AvgIpc) is 2.08. The van der Waals surface area contributed by atoms with Crippen molar-refractivity contribution in [2.75, 3.05) is 5.43 Å². The molecular formula is C6H4BrF3N2. The molecule has 0 unspecified atom stereocenters. The average molecular weight is 241 g/mol. The first-order valence-corrected chi connectivity index (χ1v) is 3.66. The highest BCUT2D eigenvalue weighted by atomic mass is 79.9. The molecule has 0 saturated heterocycles. The SMILES string of the molecule is NNc1cc(Br)c(F)c(F)c1F. The van der Waals surface area contributed by atoms with E-state index in [0.29, 0.717) is 0 Å². The van der Waals surface area contributed by atoms with Crippen LogP contribution in [0.5, 0.6) is 0 Å². The van der Waals surface area contributed by atoms with Gasteiger partial charge in [0.05, 0.1) is 10.2 Å². The Balaban J connectivity index is 3.39. The van der Waals surface area contributed by atoms with Gasteiger partial charge >= 0.3 is 0 Å². The first kappa shape index (κ1) is 9.34. The van der Waals surface area contributed by atoms with Gasteiger partial charge in [0.15, 0.2) is 17.5 Å². The predicted octanol–water partition coefficient (Wildman–Crippen LogP) is 2.15. The maximum atomic E-state index is 12.7. The van der Waals surface area contributed by atoms with Crippen molar-refractivity contribution in [1.82, 2.24) is 0 Å². The largest absolute Gasteiger partial charge is 0.321 e. The second-order valence-electron chi connectivity index (χ2n) is 1.99. The summed E-state index contributed by atoms with van der Waals surface area (Å²) in [7, 11) is 0. The first-order valence-electron chi connectivity index (χ1n) is 2.87. The van der Waals surface area contributed by atoms with Crippen LogP contribution in [0.25, 0.3) is 0 Å². The number of benzene rings is 1. The molecule has 0 amide bonds. The lowest BCUT2D eigenvalue weighted by molar-refractivity contribution is 0.446. The van der Waals surface area contributed by atoms with E-state index in [9.17, 15) is 13.2 Å². The summed E-state index contributed by atoms with van der Waals surface area (Å²) in [5.74, 6) is 0.674. The summed E-state index contributed by atoms with van der Waals surface area (Å²) in [6.45, 7) is 0. The lowest BCUT2D eigenvalue weighted by atomic mass is 10.3. The highest BCUT2D eigenvalue weighted by Crippen LogP contribution is 2.26. The molecule has 2 nitrogen and oxygen atoms in total. The normalized spacial score (nSPS) is 10.1. The summed E-state index contributed by atoms with van der Waals surface area (Å²) >= 11 is 2.69. The summed E-state index contributed by atoms with van der Waals surface area (Å²) in [6, 6.07) is 1.01. The van der Waals surface area contributed by atoms with Crippen LogP contribution in [0.3, 0.4) is 0 Å². The molecule has 1 aromatic carbocycles. The van der Waals surface area contributed by atoms with Crippen molar-refractivity contribution >= 4 is 21.6 Å². The van der Waals surface area contributed by atoms with E-state index in [1.807, 2.05) is 5.43 Å². The number of hydrogen-bond donors (Lipinski definition) is 2. The monoisotopic (exact) mass is 240 g/mol. The van der Waals surface area contributed by atoms with Crippen LogP contribution in [-0.2, 0) is 0 Å². The molecule has 0 heterocycles. The van der Waals surface area contributed by atoms with Crippen molar-refractivity contribution in [1.29, 1.82) is 0 Å². The van der Waals surface area contributed by atoms with Crippen molar-refractivity contribution < 1.29 is 13.2 Å².